The zero-order chi connectivity index (χ0) is 11.5. The molecular weight excluding hydrogens is 204 g/mol. The summed E-state index contributed by atoms with van der Waals surface area (Å²) in [6.45, 7) is 4.67. The van der Waals surface area contributed by atoms with Gasteiger partial charge in [0.2, 0.25) is 0 Å². The second kappa shape index (κ2) is 4.30. The van der Waals surface area contributed by atoms with E-state index in [1.807, 2.05) is 4.57 Å². The molecule has 0 unspecified atom stereocenters. The Kier molecular flexibility index (Phi) is 2.85. The first-order chi connectivity index (χ1) is 7.68. The molecule has 0 aromatic carbocycles. The molecule has 2 heterocycles. The third-order valence-corrected chi connectivity index (χ3v) is 2.43. The summed E-state index contributed by atoms with van der Waals surface area (Å²) in [7, 11) is 0. The van der Waals surface area contributed by atoms with E-state index in [1.54, 1.807) is 23.4 Å². The van der Waals surface area contributed by atoms with Gasteiger partial charge in [-0.1, -0.05) is 0 Å². The maximum atomic E-state index is 11.5. The first kappa shape index (κ1) is 10.6. The SMILES string of the molecule is CC(C)n1cncc1Cn1cnccc1=O. The molecule has 0 fully saturated rings. The molecule has 2 aromatic heterocycles. The van der Waals surface area contributed by atoms with Crippen molar-refractivity contribution < 1.29 is 0 Å². The summed E-state index contributed by atoms with van der Waals surface area (Å²) >= 11 is 0. The minimum absolute atomic E-state index is 0.0495. The fourth-order valence-electron chi connectivity index (χ4n) is 1.59. The van der Waals surface area contributed by atoms with Crippen LogP contribution in [0.5, 0.6) is 0 Å². The Morgan fingerprint density at radius 2 is 2.12 bits per heavy atom. The van der Waals surface area contributed by atoms with Crippen molar-refractivity contribution in [1.82, 2.24) is 19.1 Å². The highest BCUT2D eigenvalue weighted by Gasteiger charge is 2.06. The van der Waals surface area contributed by atoms with Gasteiger partial charge >= 0.3 is 0 Å². The number of hydrogen-bond donors (Lipinski definition) is 0. The Balaban J connectivity index is 2.31. The van der Waals surface area contributed by atoms with Crippen LogP contribution < -0.4 is 5.56 Å². The Bertz CT molecular complexity index is 527. The topological polar surface area (TPSA) is 52.7 Å². The molecule has 0 spiro atoms. The van der Waals surface area contributed by atoms with Gasteiger partial charge in [-0.25, -0.2) is 9.97 Å². The van der Waals surface area contributed by atoms with Gasteiger partial charge in [0.25, 0.3) is 5.56 Å². The van der Waals surface area contributed by atoms with E-state index >= 15 is 0 Å². The van der Waals surface area contributed by atoms with Crippen LogP contribution in [0.15, 0.2) is 35.9 Å². The summed E-state index contributed by atoms with van der Waals surface area (Å²) in [6.07, 6.45) is 6.60. The van der Waals surface area contributed by atoms with Crippen LogP contribution in [0.25, 0.3) is 0 Å². The highest BCUT2D eigenvalue weighted by Crippen LogP contribution is 2.09. The standard InChI is InChI=1S/C11H14N4O/c1-9(2)15-8-13-5-10(15)6-14-7-12-4-3-11(14)16/h3-5,7-9H,6H2,1-2H3. The number of hydrogen-bond acceptors (Lipinski definition) is 3. The molecule has 0 saturated heterocycles. The summed E-state index contributed by atoms with van der Waals surface area (Å²) < 4.78 is 3.61. The minimum atomic E-state index is -0.0495. The Hall–Kier alpha value is -1.91. The van der Waals surface area contributed by atoms with Crippen molar-refractivity contribution in [2.45, 2.75) is 26.4 Å². The van der Waals surface area contributed by atoms with Gasteiger partial charge < -0.3 is 4.57 Å². The molecule has 2 aromatic rings. The largest absolute Gasteiger partial charge is 0.330 e. The number of nitrogens with zero attached hydrogens (tertiary/aromatic N) is 4. The van der Waals surface area contributed by atoms with Gasteiger partial charge in [-0.05, 0) is 13.8 Å². The predicted octanol–water partition coefficient (Wildman–Crippen LogP) is 1.07. The van der Waals surface area contributed by atoms with Gasteiger partial charge in [0.15, 0.2) is 0 Å². The predicted molar refractivity (Wildman–Crippen MR) is 60.2 cm³/mol. The van der Waals surface area contributed by atoms with Gasteiger partial charge in [0, 0.05) is 24.5 Å². The van der Waals surface area contributed by atoms with Gasteiger partial charge in [-0.3, -0.25) is 9.36 Å². The van der Waals surface area contributed by atoms with Gasteiger partial charge in [-0.2, -0.15) is 0 Å². The number of aromatic nitrogens is 4. The lowest BCUT2D eigenvalue weighted by Crippen LogP contribution is -2.21. The lowest BCUT2D eigenvalue weighted by molar-refractivity contribution is 0.556. The minimum Gasteiger partial charge on any atom is -0.330 e. The molecule has 16 heavy (non-hydrogen) atoms. The maximum absolute atomic E-state index is 11.5. The van der Waals surface area contributed by atoms with E-state index in [0.29, 0.717) is 12.6 Å². The van der Waals surface area contributed by atoms with Crippen molar-refractivity contribution in [3.05, 3.63) is 47.2 Å². The number of imidazole rings is 1. The van der Waals surface area contributed by atoms with Gasteiger partial charge in [0.1, 0.15) is 0 Å². The molecule has 84 valence electrons. The first-order valence-electron chi connectivity index (χ1n) is 5.19. The molecule has 0 saturated carbocycles. The van der Waals surface area contributed by atoms with Gasteiger partial charge in [0.05, 0.1) is 24.9 Å². The van der Waals surface area contributed by atoms with Crippen molar-refractivity contribution in [3.63, 3.8) is 0 Å². The first-order valence-corrected chi connectivity index (χ1v) is 5.19. The van der Waals surface area contributed by atoms with E-state index in [1.165, 1.54) is 12.3 Å². The second-order valence-electron chi connectivity index (χ2n) is 3.93. The Labute approximate surface area is 93.4 Å². The third-order valence-electron chi connectivity index (χ3n) is 2.43. The summed E-state index contributed by atoms with van der Waals surface area (Å²) in [5.74, 6) is 0. The van der Waals surface area contributed by atoms with E-state index in [2.05, 4.69) is 23.8 Å². The molecule has 0 amide bonds. The van der Waals surface area contributed by atoms with Crippen LogP contribution >= 0.6 is 0 Å². The summed E-state index contributed by atoms with van der Waals surface area (Å²) in [5.41, 5.74) is 0.955. The van der Waals surface area contributed by atoms with Crippen LogP contribution in [0, 0.1) is 0 Å². The average Bonchev–Trinajstić information content (AvgIpc) is 2.69. The molecular formula is C11H14N4O. The van der Waals surface area contributed by atoms with Crippen LogP contribution in [0.3, 0.4) is 0 Å². The van der Waals surface area contributed by atoms with E-state index in [-0.39, 0.29) is 5.56 Å². The molecule has 0 aliphatic rings. The molecule has 0 radical (unpaired) electrons. The fourth-order valence-corrected chi connectivity index (χ4v) is 1.59. The lowest BCUT2D eigenvalue weighted by Gasteiger charge is -2.12. The molecule has 5 heteroatoms. The summed E-state index contributed by atoms with van der Waals surface area (Å²) in [6, 6.07) is 1.79. The summed E-state index contributed by atoms with van der Waals surface area (Å²) in [4.78, 5) is 19.6. The van der Waals surface area contributed by atoms with Crippen molar-refractivity contribution in [3.8, 4) is 0 Å². The zero-order valence-corrected chi connectivity index (χ0v) is 9.37. The highest BCUT2D eigenvalue weighted by molar-refractivity contribution is 5.01. The third kappa shape index (κ3) is 2.03. The van der Waals surface area contributed by atoms with E-state index in [9.17, 15) is 4.79 Å². The summed E-state index contributed by atoms with van der Waals surface area (Å²) in [5, 5.41) is 0. The molecule has 0 aliphatic carbocycles. The lowest BCUT2D eigenvalue weighted by atomic mass is 10.3. The second-order valence-corrected chi connectivity index (χ2v) is 3.93. The van der Waals surface area contributed by atoms with Gasteiger partial charge in [-0.15, -0.1) is 0 Å². The number of rotatable bonds is 3. The highest BCUT2D eigenvalue weighted by atomic mass is 16.1. The Morgan fingerprint density at radius 3 is 2.81 bits per heavy atom. The zero-order valence-electron chi connectivity index (χ0n) is 9.37. The van der Waals surface area contributed by atoms with Crippen LogP contribution in [-0.4, -0.2) is 19.1 Å². The van der Waals surface area contributed by atoms with Crippen molar-refractivity contribution >= 4 is 0 Å². The van der Waals surface area contributed by atoms with Crippen molar-refractivity contribution in [2.75, 3.05) is 0 Å². The van der Waals surface area contributed by atoms with E-state index < -0.39 is 0 Å². The molecule has 2 rings (SSSR count). The van der Waals surface area contributed by atoms with E-state index in [0.717, 1.165) is 5.69 Å². The smallest absolute Gasteiger partial charge is 0.253 e. The van der Waals surface area contributed by atoms with Crippen LogP contribution in [0.4, 0.5) is 0 Å². The van der Waals surface area contributed by atoms with E-state index in [4.69, 9.17) is 0 Å². The average molecular weight is 218 g/mol. The van der Waals surface area contributed by atoms with Crippen molar-refractivity contribution in [1.29, 1.82) is 0 Å². The normalized spacial score (nSPS) is 10.9. The molecule has 0 aliphatic heterocycles. The molecule has 0 atom stereocenters. The molecule has 0 N–H and O–H groups in total. The monoisotopic (exact) mass is 218 g/mol. The maximum Gasteiger partial charge on any atom is 0.253 e. The molecule has 5 nitrogen and oxygen atoms in total. The fraction of sp³-hybridized carbons (Fsp3) is 0.364. The Morgan fingerprint density at radius 1 is 1.31 bits per heavy atom. The van der Waals surface area contributed by atoms with Crippen LogP contribution in [0.1, 0.15) is 25.6 Å². The van der Waals surface area contributed by atoms with Crippen molar-refractivity contribution in [2.24, 2.45) is 0 Å². The van der Waals surface area contributed by atoms with Crippen LogP contribution in [-0.2, 0) is 6.54 Å². The van der Waals surface area contributed by atoms with Crippen LogP contribution in [0.2, 0.25) is 0 Å². The quantitative estimate of drug-likeness (QED) is 0.774. The molecule has 0 bridgehead atoms.